The molecule has 0 heterocycles. The van der Waals surface area contributed by atoms with Gasteiger partial charge in [0, 0.05) is 0 Å². The molecule has 116 valence electrons. The molecule has 0 fully saturated rings. The summed E-state index contributed by atoms with van der Waals surface area (Å²) in [5.41, 5.74) is 1.45. The summed E-state index contributed by atoms with van der Waals surface area (Å²) in [5, 5.41) is 5.24. The second-order valence-corrected chi connectivity index (χ2v) is 5.66. The average Bonchev–Trinajstić information content (AvgIpc) is 2.56. The van der Waals surface area contributed by atoms with E-state index in [2.05, 4.69) is 17.4 Å². The number of amides is 1. The quantitative estimate of drug-likeness (QED) is 0.760. The van der Waals surface area contributed by atoms with Gasteiger partial charge in [-0.25, -0.2) is 4.39 Å². The number of nitrogens with one attached hydrogen (secondary N) is 1. The molecule has 1 unspecified atom stereocenters. The monoisotopic (exact) mass is 307 g/mol. The Hall–Kier alpha value is -2.68. The van der Waals surface area contributed by atoms with Crippen molar-refractivity contribution in [3.05, 3.63) is 83.7 Å². The lowest BCUT2D eigenvalue weighted by molar-refractivity contribution is -0.121. The molecule has 0 aliphatic heterocycles. The van der Waals surface area contributed by atoms with Crippen molar-refractivity contribution in [2.45, 2.75) is 19.4 Å². The lowest BCUT2D eigenvalue weighted by Crippen LogP contribution is -2.28. The third kappa shape index (κ3) is 3.57. The van der Waals surface area contributed by atoms with E-state index in [1.165, 1.54) is 11.5 Å². The Bertz CT molecular complexity index is 844. The molecule has 3 rings (SSSR count). The van der Waals surface area contributed by atoms with E-state index in [1.807, 2.05) is 37.3 Å². The van der Waals surface area contributed by atoms with Crippen LogP contribution in [0.15, 0.2) is 66.7 Å². The van der Waals surface area contributed by atoms with Crippen LogP contribution in [0.4, 0.5) is 4.39 Å². The van der Waals surface area contributed by atoms with Gasteiger partial charge < -0.3 is 5.32 Å². The fourth-order valence-electron chi connectivity index (χ4n) is 2.67. The van der Waals surface area contributed by atoms with Crippen LogP contribution in [0, 0.1) is 5.82 Å². The summed E-state index contributed by atoms with van der Waals surface area (Å²) in [6, 6.07) is 20.5. The summed E-state index contributed by atoms with van der Waals surface area (Å²) in [7, 11) is 0. The van der Waals surface area contributed by atoms with Gasteiger partial charge in [-0.15, -0.1) is 0 Å². The molecule has 3 aromatic rings. The Morgan fingerprint density at radius 1 is 1.00 bits per heavy atom. The molecule has 0 aliphatic carbocycles. The van der Waals surface area contributed by atoms with Crippen molar-refractivity contribution in [1.82, 2.24) is 5.32 Å². The van der Waals surface area contributed by atoms with Crippen molar-refractivity contribution in [1.29, 1.82) is 0 Å². The van der Waals surface area contributed by atoms with E-state index in [4.69, 9.17) is 0 Å². The molecular weight excluding hydrogens is 289 g/mol. The van der Waals surface area contributed by atoms with Crippen molar-refractivity contribution in [3.8, 4) is 0 Å². The number of halogens is 1. The summed E-state index contributed by atoms with van der Waals surface area (Å²) >= 11 is 0. The van der Waals surface area contributed by atoms with Crippen LogP contribution in [-0.4, -0.2) is 5.91 Å². The van der Waals surface area contributed by atoms with Crippen LogP contribution in [0.1, 0.15) is 24.1 Å². The Morgan fingerprint density at radius 2 is 1.70 bits per heavy atom. The molecule has 3 aromatic carbocycles. The first-order chi connectivity index (χ1) is 11.1. The topological polar surface area (TPSA) is 29.1 Å². The Labute approximate surface area is 135 Å². The second-order valence-electron chi connectivity index (χ2n) is 5.66. The molecule has 1 N–H and O–H groups in total. The zero-order chi connectivity index (χ0) is 16.2. The summed E-state index contributed by atoms with van der Waals surface area (Å²) in [6.07, 6.45) is 0.0462. The van der Waals surface area contributed by atoms with E-state index >= 15 is 0 Å². The second kappa shape index (κ2) is 6.61. The molecule has 1 atom stereocenters. The van der Waals surface area contributed by atoms with Gasteiger partial charge in [-0.3, -0.25) is 4.79 Å². The molecule has 2 nitrogen and oxygen atoms in total. The average molecular weight is 307 g/mol. The highest BCUT2D eigenvalue weighted by molar-refractivity contribution is 5.83. The van der Waals surface area contributed by atoms with Gasteiger partial charge in [-0.05, 0) is 41.0 Å². The Balaban J connectivity index is 1.71. The molecule has 1 amide bonds. The van der Waals surface area contributed by atoms with E-state index < -0.39 is 0 Å². The highest BCUT2D eigenvalue weighted by Gasteiger charge is 2.12. The van der Waals surface area contributed by atoms with Crippen LogP contribution in [0.25, 0.3) is 10.8 Å². The van der Waals surface area contributed by atoms with Gasteiger partial charge in [0.15, 0.2) is 0 Å². The van der Waals surface area contributed by atoms with E-state index in [0.717, 1.165) is 10.9 Å². The van der Waals surface area contributed by atoms with Crippen molar-refractivity contribution in [2.24, 2.45) is 0 Å². The zero-order valence-electron chi connectivity index (χ0n) is 12.9. The Kier molecular flexibility index (Phi) is 4.38. The smallest absolute Gasteiger partial charge is 0.225 e. The van der Waals surface area contributed by atoms with Gasteiger partial charge in [0.25, 0.3) is 0 Å². The van der Waals surface area contributed by atoms with Crippen LogP contribution in [0.5, 0.6) is 0 Å². The lowest BCUT2D eigenvalue weighted by Gasteiger charge is -2.15. The van der Waals surface area contributed by atoms with Gasteiger partial charge in [0.05, 0.1) is 12.5 Å². The Morgan fingerprint density at radius 3 is 2.48 bits per heavy atom. The number of hydrogen-bond donors (Lipinski definition) is 1. The van der Waals surface area contributed by atoms with Crippen molar-refractivity contribution in [3.63, 3.8) is 0 Å². The highest BCUT2D eigenvalue weighted by Crippen LogP contribution is 2.20. The van der Waals surface area contributed by atoms with Crippen LogP contribution < -0.4 is 5.32 Å². The van der Waals surface area contributed by atoms with Crippen molar-refractivity contribution >= 4 is 16.7 Å². The first kappa shape index (κ1) is 15.2. The molecule has 0 spiro atoms. The molecule has 0 saturated carbocycles. The van der Waals surface area contributed by atoms with E-state index in [0.29, 0.717) is 5.56 Å². The van der Waals surface area contributed by atoms with Crippen molar-refractivity contribution in [2.75, 3.05) is 0 Å². The fourth-order valence-corrected chi connectivity index (χ4v) is 2.67. The minimum atomic E-state index is -0.346. The predicted octanol–water partition coefficient (Wildman–Crippen LogP) is 4.40. The number of rotatable bonds is 4. The van der Waals surface area contributed by atoms with Gasteiger partial charge in [0.1, 0.15) is 5.82 Å². The summed E-state index contributed by atoms with van der Waals surface area (Å²) in [6.45, 7) is 1.93. The fraction of sp³-hybridized carbons (Fsp3) is 0.150. The minimum Gasteiger partial charge on any atom is -0.349 e. The molecule has 3 heteroatoms. The maximum absolute atomic E-state index is 13.6. The predicted molar refractivity (Wildman–Crippen MR) is 90.6 cm³/mol. The van der Waals surface area contributed by atoms with E-state index in [1.54, 1.807) is 18.2 Å². The number of hydrogen-bond acceptors (Lipinski definition) is 1. The van der Waals surface area contributed by atoms with Crippen LogP contribution in [-0.2, 0) is 11.2 Å². The molecular formula is C20H18FNO. The molecule has 23 heavy (non-hydrogen) atoms. The lowest BCUT2D eigenvalue weighted by atomic mass is 10.0. The molecule has 0 bridgehead atoms. The summed E-state index contributed by atoms with van der Waals surface area (Å²) in [4.78, 5) is 12.1. The summed E-state index contributed by atoms with van der Waals surface area (Å²) < 4.78 is 13.6. The standard InChI is InChI=1S/C20H18FNO/c1-14(16-11-10-15-6-2-3-7-17(15)12-16)22-20(23)13-18-8-4-5-9-19(18)21/h2-12,14H,13H2,1H3,(H,22,23). The number of carbonyl (C=O) groups excluding carboxylic acids is 1. The molecule has 0 saturated heterocycles. The van der Waals surface area contributed by atoms with E-state index in [-0.39, 0.29) is 24.2 Å². The largest absolute Gasteiger partial charge is 0.349 e. The minimum absolute atomic E-state index is 0.0462. The van der Waals surface area contributed by atoms with Crippen LogP contribution in [0.2, 0.25) is 0 Å². The zero-order valence-corrected chi connectivity index (χ0v) is 12.9. The van der Waals surface area contributed by atoms with Gasteiger partial charge in [0.2, 0.25) is 5.91 Å². The maximum atomic E-state index is 13.6. The maximum Gasteiger partial charge on any atom is 0.225 e. The van der Waals surface area contributed by atoms with Gasteiger partial charge >= 0.3 is 0 Å². The number of carbonyl (C=O) groups is 1. The van der Waals surface area contributed by atoms with Gasteiger partial charge in [-0.1, -0.05) is 54.6 Å². The third-order valence-corrected chi connectivity index (χ3v) is 3.96. The summed E-state index contributed by atoms with van der Waals surface area (Å²) in [5.74, 6) is -0.531. The SMILES string of the molecule is CC(NC(=O)Cc1ccccc1F)c1ccc2ccccc2c1. The highest BCUT2D eigenvalue weighted by atomic mass is 19.1. The van der Waals surface area contributed by atoms with E-state index in [9.17, 15) is 9.18 Å². The number of benzene rings is 3. The molecule has 0 aromatic heterocycles. The van der Waals surface area contributed by atoms with Gasteiger partial charge in [-0.2, -0.15) is 0 Å². The van der Waals surface area contributed by atoms with Crippen molar-refractivity contribution < 1.29 is 9.18 Å². The van der Waals surface area contributed by atoms with Crippen LogP contribution in [0.3, 0.4) is 0 Å². The first-order valence-electron chi connectivity index (χ1n) is 7.65. The first-order valence-corrected chi connectivity index (χ1v) is 7.65. The normalized spacial score (nSPS) is 12.1. The third-order valence-electron chi connectivity index (χ3n) is 3.96. The molecule has 0 aliphatic rings. The van der Waals surface area contributed by atoms with Crippen LogP contribution >= 0.6 is 0 Å². The number of fused-ring (bicyclic) bond motifs is 1. The molecule has 0 radical (unpaired) electrons.